The minimum atomic E-state index is -0.574. The van der Waals surface area contributed by atoms with E-state index in [9.17, 15) is 9.90 Å². The Morgan fingerprint density at radius 2 is 2.13 bits per heavy atom. The normalized spacial score (nSPS) is 18.5. The fourth-order valence-electron chi connectivity index (χ4n) is 2.63. The van der Waals surface area contributed by atoms with Crippen LogP contribution in [0.5, 0.6) is 0 Å². The number of nitrogens with zero attached hydrogens (tertiary/aromatic N) is 2. The lowest BCUT2D eigenvalue weighted by Crippen LogP contribution is -2.39. The largest absolute Gasteiger partial charge is 0.467 e. The predicted octanol–water partition coefficient (Wildman–Crippen LogP) is 2.65. The summed E-state index contributed by atoms with van der Waals surface area (Å²) in [7, 11) is 0. The van der Waals surface area contributed by atoms with E-state index in [4.69, 9.17) is 9.15 Å². The van der Waals surface area contributed by atoms with E-state index in [1.807, 2.05) is 20.8 Å². The van der Waals surface area contributed by atoms with Crippen LogP contribution in [0.1, 0.15) is 45.5 Å². The molecule has 1 aliphatic heterocycles. The van der Waals surface area contributed by atoms with Crippen molar-refractivity contribution in [1.29, 1.82) is 0 Å². The summed E-state index contributed by atoms with van der Waals surface area (Å²) >= 11 is 0. The molecule has 2 rings (SSSR count). The molecule has 6 nitrogen and oxygen atoms in total. The third-order valence-corrected chi connectivity index (χ3v) is 3.83. The van der Waals surface area contributed by atoms with Gasteiger partial charge in [-0.25, -0.2) is 4.79 Å². The topological polar surface area (TPSA) is 66.2 Å². The van der Waals surface area contributed by atoms with E-state index in [1.165, 1.54) is 0 Å². The second-order valence-electron chi connectivity index (χ2n) is 6.98. The summed E-state index contributed by atoms with van der Waals surface area (Å²) in [4.78, 5) is 16.2. The summed E-state index contributed by atoms with van der Waals surface area (Å²) in [5, 5.41) is 10.1. The first-order valence-corrected chi connectivity index (χ1v) is 8.27. The van der Waals surface area contributed by atoms with Crippen molar-refractivity contribution in [3.8, 4) is 0 Å². The Labute approximate surface area is 138 Å². The van der Waals surface area contributed by atoms with Crippen LogP contribution >= 0.6 is 0 Å². The number of aliphatic hydroxyl groups excluding tert-OH is 1. The fourth-order valence-corrected chi connectivity index (χ4v) is 2.63. The van der Waals surface area contributed by atoms with Crippen LogP contribution in [0.4, 0.5) is 4.79 Å². The maximum absolute atomic E-state index is 12.1. The van der Waals surface area contributed by atoms with Gasteiger partial charge in [-0.2, -0.15) is 0 Å². The van der Waals surface area contributed by atoms with Crippen LogP contribution in [0.15, 0.2) is 22.8 Å². The van der Waals surface area contributed by atoms with Crippen LogP contribution in [-0.4, -0.2) is 59.3 Å². The van der Waals surface area contributed by atoms with E-state index in [0.29, 0.717) is 25.3 Å². The number of furan rings is 1. The SMILES string of the molecule is CC(C)(C)OC(=O)N1CCCN(CCC(O)c2ccco2)CC1. The van der Waals surface area contributed by atoms with Crippen molar-refractivity contribution in [1.82, 2.24) is 9.80 Å². The van der Waals surface area contributed by atoms with Gasteiger partial charge in [0.05, 0.1) is 6.26 Å². The second kappa shape index (κ2) is 7.84. The van der Waals surface area contributed by atoms with Gasteiger partial charge in [-0.3, -0.25) is 0 Å². The Kier molecular flexibility index (Phi) is 6.07. The molecule has 0 spiro atoms. The van der Waals surface area contributed by atoms with Crippen LogP contribution < -0.4 is 0 Å². The molecular weight excluding hydrogens is 296 g/mol. The molecule has 1 aliphatic rings. The molecule has 1 amide bonds. The van der Waals surface area contributed by atoms with Crippen molar-refractivity contribution in [3.63, 3.8) is 0 Å². The van der Waals surface area contributed by atoms with Crippen LogP contribution in [-0.2, 0) is 4.74 Å². The molecular formula is C17H28N2O4. The molecule has 0 aromatic carbocycles. The first-order chi connectivity index (χ1) is 10.8. The van der Waals surface area contributed by atoms with Crippen LogP contribution in [0.2, 0.25) is 0 Å². The molecule has 1 saturated heterocycles. The Morgan fingerprint density at radius 3 is 2.78 bits per heavy atom. The smallest absolute Gasteiger partial charge is 0.410 e. The molecule has 6 heteroatoms. The zero-order valence-electron chi connectivity index (χ0n) is 14.3. The summed E-state index contributed by atoms with van der Waals surface area (Å²) in [6, 6.07) is 3.57. The number of aliphatic hydroxyl groups is 1. The van der Waals surface area contributed by atoms with Crippen molar-refractivity contribution in [2.24, 2.45) is 0 Å². The van der Waals surface area contributed by atoms with E-state index in [2.05, 4.69) is 4.90 Å². The van der Waals surface area contributed by atoms with E-state index in [-0.39, 0.29) is 6.09 Å². The molecule has 2 heterocycles. The number of rotatable bonds is 4. The summed E-state index contributed by atoms with van der Waals surface area (Å²) in [5.41, 5.74) is -0.462. The first-order valence-electron chi connectivity index (χ1n) is 8.27. The Hall–Kier alpha value is -1.53. The lowest BCUT2D eigenvalue weighted by atomic mass is 10.2. The number of hydrogen-bond donors (Lipinski definition) is 1. The quantitative estimate of drug-likeness (QED) is 0.922. The Morgan fingerprint density at radius 1 is 1.35 bits per heavy atom. The first kappa shape index (κ1) is 17.8. The number of ether oxygens (including phenoxy) is 1. The highest BCUT2D eigenvalue weighted by Crippen LogP contribution is 2.18. The standard InChI is InChI=1S/C17H28N2O4/c1-17(2,3)23-16(21)19-9-5-8-18(11-12-19)10-7-14(20)15-6-4-13-22-15/h4,6,13-14,20H,5,7-12H2,1-3H3. The number of carbonyl (C=O) groups excluding carboxylic acids is 1. The van der Waals surface area contributed by atoms with Crippen molar-refractivity contribution in [2.45, 2.75) is 45.3 Å². The highest BCUT2D eigenvalue weighted by Gasteiger charge is 2.24. The number of amides is 1. The maximum Gasteiger partial charge on any atom is 0.410 e. The highest BCUT2D eigenvalue weighted by molar-refractivity contribution is 5.68. The molecule has 0 bridgehead atoms. The molecule has 1 aromatic heterocycles. The average Bonchev–Trinajstić information content (AvgIpc) is 2.89. The molecule has 1 unspecified atom stereocenters. The van der Waals surface area contributed by atoms with E-state index in [1.54, 1.807) is 23.3 Å². The fraction of sp³-hybridized carbons (Fsp3) is 0.706. The van der Waals surface area contributed by atoms with Gasteiger partial charge in [-0.05, 0) is 52.3 Å². The van der Waals surface area contributed by atoms with Crippen molar-refractivity contribution >= 4 is 6.09 Å². The average molecular weight is 324 g/mol. The minimum absolute atomic E-state index is 0.241. The molecule has 1 fully saturated rings. The van der Waals surface area contributed by atoms with Gasteiger partial charge in [-0.1, -0.05) is 0 Å². The van der Waals surface area contributed by atoms with Gasteiger partial charge in [0.15, 0.2) is 0 Å². The van der Waals surface area contributed by atoms with Gasteiger partial charge in [0.25, 0.3) is 0 Å². The lowest BCUT2D eigenvalue weighted by molar-refractivity contribution is 0.0256. The van der Waals surface area contributed by atoms with Gasteiger partial charge in [0.2, 0.25) is 0 Å². The van der Waals surface area contributed by atoms with Crippen LogP contribution in [0.3, 0.4) is 0 Å². The second-order valence-corrected chi connectivity index (χ2v) is 6.98. The van der Waals surface area contributed by atoms with Gasteiger partial charge in [0, 0.05) is 26.2 Å². The molecule has 0 saturated carbocycles. The van der Waals surface area contributed by atoms with E-state index in [0.717, 1.165) is 26.1 Å². The monoisotopic (exact) mass is 324 g/mol. The van der Waals surface area contributed by atoms with Crippen molar-refractivity contribution in [3.05, 3.63) is 24.2 Å². The third-order valence-electron chi connectivity index (χ3n) is 3.83. The molecule has 130 valence electrons. The summed E-state index contributed by atoms with van der Waals surface area (Å²) in [5.74, 6) is 0.607. The zero-order chi connectivity index (χ0) is 16.9. The summed E-state index contributed by atoms with van der Waals surface area (Å²) in [6.07, 6.45) is 2.30. The molecule has 0 aliphatic carbocycles. The van der Waals surface area contributed by atoms with Crippen molar-refractivity contribution in [2.75, 3.05) is 32.7 Å². The lowest BCUT2D eigenvalue weighted by Gasteiger charge is -2.26. The molecule has 1 aromatic rings. The summed E-state index contributed by atoms with van der Waals surface area (Å²) in [6.45, 7) is 9.51. The highest BCUT2D eigenvalue weighted by atomic mass is 16.6. The van der Waals surface area contributed by atoms with E-state index < -0.39 is 11.7 Å². The van der Waals surface area contributed by atoms with Crippen LogP contribution in [0.25, 0.3) is 0 Å². The van der Waals surface area contributed by atoms with Gasteiger partial charge in [0.1, 0.15) is 17.5 Å². The minimum Gasteiger partial charge on any atom is -0.467 e. The zero-order valence-corrected chi connectivity index (χ0v) is 14.3. The maximum atomic E-state index is 12.1. The van der Waals surface area contributed by atoms with Gasteiger partial charge in [-0.15, -0.1) is 0 Å². The van der Waals surface area contributed by atoms with Crippen molar-refractivity contribution < 1.29 is 19.1 Å². The van der Waals surface area contributed by atoms with Gasteiger partial charge >= 0.3 is 6.09 Å². The predicted molar refractivity (Wildman–Crippen MR) is 87.1 cm³/mol. The molecule has 1 N–H and O–H groups in total. The summed E-state index contributed by atoms with van der Waals surface area (Å²) < 4.78 is 10.6. The number of carbonyl (C=O) groups is 1. The molecule has 0 radical (unpaired) electrons. The third kappa shape index (κ3) is 5.88. The Bertz CT molecular complexity index is 481. The van der Waals surface area contributed by atoms with Crippen LogP contribution in [0, 0.1) is 0 Å². The number of hydrogen-bond acceptors (Lipinski definition) is 5. The van der Waals surface area contributed by atoms with E-state index >= 15 is 0 Å². The van der Waals surface area contributed by atoms with Gasteiger partial charge < -0.3 is 24.1 Å². The Balaban J connectivity index is 1.76. The molecule has 1 atom stereocenters. The molecule has 23 heavy (non-hydrogen) atoms.